The second-order valence-corrected chi connectivity index (χ2v) is 33.0. The lowest BCUT2D eigenvalue weighted by molar-refractivity contribution is -0.147. The molecule has 2 saturated heterocycles. The minimum absolute atomic E-state index is 0.107. The molecule has 29 heteroatoms. The monoisotopic (exact) mass is 1590 g/mol. The number of ether oxygens (including phenoxy) is 2. The number of likely N-dealkylation sites (N-methyl/N-ethyl adjacent to an activating group) is 2. The van der Waals surface area contributed by atoms with Crippen molar-refractivity contribution in [2.24, 2.45) is 5.73 Å². The quantitative estimate of drug-likeness (QED) is 0.0224. The molecule has 5 aromatic carbocycles. The van der Waals surface area contributed by atoms with E-state index in [1.54, 1.807) is 10.9 Å². The van der Waals surface area contributed by atoms with Crippen LogP contribution in [0.1, 0.15) is 144 Å². The number of aromatic amines is 3. The average Bonchev–Trinajstić information content (AvgIpc) is 1.34. The predicted molar refractivity (Wildman–Crippen MR) is 454 cm³/mol. The number of anilines is 2. The van der Waals surface area contributed by atoms with Gasteiger partial charge in [0.25, 0.3) is 0 Å². The lowest BCUT2D eigenvalue weighted by Gasteiger charge is -2.34. The van der Waals surface area contributed by atoms with E-state index in [1.807, 2.05) is 64.1 Å². The van der Waals surface area contributed by atoms with Crippen molar-refractivity contribution in [3.05, 3.63) is 114 Å². The maximum absolute atomic E-state index is 14.3. The zero-order valence-electron chi connectivity index (χ0n) is 70.1. The largest absolute Gasteiger partial charge is 0.494 e. The highest BCUT2D eigenvalue weighted by Crippen LogP contribution is 2.43. The molecule has 0 saturated carbocycles. The number of hydrogen-bond donors (Lipinski definition) is 5. The van der Waals surface area contributed by atoms with Gasteiger partial charge in [0, 0.05) is 144 Å². The van der Waals surface area contributed by atoms with Crippen molar-refractivity contribution in [3.8, 4) is 45.7 Å². The molecule has 0 atom stereocenters. The molecule has 0 unspecified atom stereocenters. The number of imidazole rings is 3. The van der Waals surface area contributed by atoms with Crippen LogP contribution in [0.2, 0.25) is 0 Å². The molecule has 116 heavy (non-hydrogen) atoms. The first-order valence-corrected chi connectivity index (χ1v) is 41.4. The molecule has 0 bridgehead atoms. The van der Waals surface area contributed by atoms with E-state index in [2.05, 4.69) is 160 Å². The van der Waals surface area contributed by atoms with Crippen molar-refractivity contribution in [1.82, 2.24) is 84.5 Å². The summed E-state index contributed by atoms with van der Waals surface area (Å²) >= 11 is 0. The number of fused-ring (bicyclic) bond motifs is 3. The third-order valence-corrected chi connectivity index (χ3v) is 21.3. The standard InChI is InChI=1S/C87H120N20O9/c1-13-32-102(77(110)24-19-45-115-66-22-17-21-60(47-66)83-90-69-28-25-61(50-72(69)93-83)84-91-70-29-26-64(51-73(70)94-84)100-41-37-98(11)38-42-100)56-78(111)103(33-14-2)57-79(112)104(34-15-3)58-80(113)105(35-16-4)59-81(114)106(55-75(88)108)53-63-54-107(97-96-63)36-20-31-89-76(109)23-18-46-116-82-67(86(5,6)7)48-62(49-68(82)87(8,9)10)85-92-71-30-27-65(52-74(71)95-85)101-43-39-99(12)40-44-101/h17,21-22,25-30,47-52,54H,13-16,18-20,23-24,31-46,53,55-59H2,1-12H3,(H2,88,108)(H,89,109)(H,90,93)(H,91,94)(H,92,95). The number of aryl methyl sites for hydroxylation is 1. The van der Waals surface area contributed by atoms with E-state index in [0.29, 0.717) is 88.5 Å². The van der Waals surface area contributed by atoms with Gasteiger partial charge in [0.1, 0.15) is 34.7 Å². The van der Waals surface area contributed by atoms with E-state index in [9.17, 15) is 33.6 Å². The summed E-state index contributed by atoms with van der Waals surface area (Å²) in [5, 5.41) is 11.5. The zero-order chi connectivity index (χ0) is 82.8. The highest BCUT2D eigenvalue weighted by Gasteiger charge is 2.32. The average molecular weight is 1590 g/mol. The Kier molecular flexibility index (Phi) is 29.3. The molecule has 6 heterocycles. The van der Waals surface area contributed by atoms with Gasteiger partial charge < -0.3 is 79.6 Å². The fourth-order valence-electron chi connectivity index (χ4n) is 14.8. The van der Waals surface area contributed by atoms with E-state index in [1.165, 1.54) is 35.9 Å². The number of nitrogens with zero attached hydrogens (tertiary/aromatic N) is 15. The van der Waals surface area contributed by atoms with E-state index in [4.69, 9.17) is 30.2 Å². The van der Waals surface area contributed by atoms with E-state index >= 15 is 0 Å². The van der Waals surface area contributed by atoms with Gasteiger partial charge in [-0.3, -0.25) is 38.2 Å². The number of carbonyl (C=O) groups excluding carboxylic acids is 7. The molecule has 2 aliphatic rings. The highest BCUT2D eigenvalue weighted by atomic mass is 16.5. The maximum Gasteiger partial charge on any atom is 0.243 e. The Bertz CT molecular complexity index is 4820. The molecule has 2 fully saturated rings. The summed E-state index contributed by atoms with van der Waals surface area (Å²) in [5.74, 6) is 0.718. The van der Waals surface area contributed by atoms with Gasteiger partial charge in [0.05, 0.1) is 91.8 Å². The number of nitrogens with one attached hydrogen (secondary N) is 4. The minimum Gasteiger partial charge on any atom is -0.494 e. The van der Waals surface area contributed by atoms with Crippen LogP contribution in [0.3, 0.4) is 0 Å². The summed E-state index contributed by atoms with van der Waals surface area (Å²) in [7, 11) is 4.32. The van der Waals surface area contributed by atoms with Crippen LogP contribution >= 0.6 is 0 Å². The molecule has 6 N–H and O–H groups in total. The molecule has 0 spiro atoms. The van der Waals surface area contributed by atoms with Crippen LogP contribution in [-0.4, -0.2) is 266 Å². The van der Waals surface area contributed by atoms with Gasteiger partial charge in [-0.25, -0.2) is 15.0 Å². The van der Waals surface area contributed by atoms with Gasteiger partial charge in [-0.1, -0.05) is 86.6 Å². The van der Waals surface area contributed by atoms with Gasteiger partial charge in [-0.15, -0.1) is 5.10 Å². The summed E-state index contributed by atoms with van der Waals surface area (Å²) in [5.41, 5.74) is 18.3. The summed E-state index contributed by atoms with van der Waals surface area (Å²) in [6, 6.07) is 31.0. The smallest absolute Gasteiger partial charge is 0.243 e. The minimum atomic E-state index is -0.766. The van der Waals surface area contributed by atoms with Crippen LogP contribution in [0, 0.1) is 0 Å². The first-order chi connectivity index (χ1) is 55.6. The Hall–Kier alpha value is -10.9. The number of carbonyl (C=O) groups is 7. The molecular formula is C87H120N20O9. The number of primary amides is 1. The first kappa shape index (κ1) is 85.9. The van der Waals surface area contributed by atoms with Crippen molar-refractivity contribution >= 4 is 85.8 Å². The maximum atomic E-state index is 14.3. The Morgan fingerprint density at radius 2 is 0.974 bits per heavy atom. The van der Waals surface area contributed by atoms with Gasteiger partial charge in [-0.05, 0) is 149 Å². The number of rotatable bonds is 39. The third kappa shape index (κ3) is 23.0. The molecule has 11 rings (SSSR count). The van der Waals surface area contributed by atoms with Crippen LogP contribution in [0.4, 0.5) is 11.4 Å². The second-order valence-electron chi connectivity index (χ2n) is 33.0. The fraction of sp³-hybridized carbons (Fsp3) is 0.517. The molecule has 9 aromatic rings. The van der Waals surface area contributed by atoms with Gasteiger partial charge in [0.15, 0.2) is 0 Å². The van der Waals surface area contributed by atoms with Crippen LogP contribution in [-0.2, 0) is 57.5 Å². The van der Waals surface area contributed by atoms with E-state index in [0.717, 1.165) is 131 Å². The Morgan fingerprint density at radius 1 is 0.491 bits per heavy atom. The van der Waals surface area contributed by atoms with Crippen molar-refractivity contribution in [1.29, 1.82) is 0 Å². The fourth-order valence-corrected chi connectivity index (χ4v) is 14.8. The molecular weight excluding hydrogens is 1470 g/mol. The number of piperazine rings is 2. The van der Waals surface area contributed by atoms with Crippen LogP contribution in [0.5, 0.6) is 11.5 Å². The number of aromatic nitrogens is 9. The van der Waals surface area contributed by atoms with Crippen LogP contribution in [0.15, 0.2) is 97.2 Å². The normalized spacial score (nSPS) is 13.7. The molecule has 29 nitrogen and oxygen atoms in total. The molecule has 0 radical (unpaired) electrons. The van der Waals surface area contributed by atoms with E-state index in [-0.39, 0.29) is 87.9 Å². The van der Waals surface area contributed by atoms with Crippen molar-refractivity contribution in [2.75, 3.05) is 155 Å². The molecule has 0 aliphatic carbocycles. The van der Waals surface area contributed by atoms with Crippen molar-refractivity contribution < 1.29 is 43.0 Å². The first-order valence-electron chi connectivity index (χ1n) is 41.4. The van der Waals surface area contributed by atoms with Gasteiger partial charge in [-0.2, -0.15) is 0 Å². The number of hydrogen-bond acceptors (Lipinski definition) is 18. The van der Waals surface area contributed by atoms with Crippen molar-refractivity contribution in [3.63, 3.8) is 0 Å². The zero-order valence-corrected chi connectivity index (χ0v) is 70.1. The Morgan fingerprint density at radius 3 is 1.53 bits per heavy atom. The van der Waals surface area contributed by atoms with Gasteiger partial charge >= 0.3 is 0 Å². The number of benzene rings is 5. The number of amides is 7. The van der Waals surface area contributed by atoms with Crippen LogP contribution < -0.4 is 30.3 Å². The third-order valence-electron chi connectivity index (χ3n) is 21.3. The number of H-pyrrole nitrogens is 3. The summed E-state index contributed by atoms with van der Waals surface area (Å²) in [4.78, 5) is 138. The van der Waals surface area contributed by atoms with Crippen molar-refractivity contribution in [2.45, 2.75) is 151 Å². The predicted octanol–water partition coefficient (Wildman–Crippen LogP) is 10.00. The lowest BCUT2D eigenvalue weighted by atomic mass is 9.78. The Labute approximate surface area is 681 Å². The van der Waals surface area contributed by atoms with Gasteiger partial charge in [0.2, 0.25) is 41.4 Å². The molecule has 622 valence electrons. The molecule has 2 aliphatic heterocycles. The lowest BCUT2D eigenvalue weighted by Crippen LogP contribution is -2.51. The molecule has 4 aromatic heterocycles. The summed E-state index contributed by atoms with van der Waals surface area (Å²) < 4.78 is 14.5. The Balaban J connectivity index is 0.612. The molecule has 7 amide bonds. The van der Waals surface area contributed by atoms with E-state index < -0.39 is 42.6 Å². The summed E-state index contributed by atoms with van der Waals surface area (Å²) in [6.07, 6.45) is 5.61. The van der Waals surface area contributed by atoms with Crippen LogP contribution in [0.25, 0.3) is 67.3 Å². The SMILES string of the molecule is CCCN(CC(=O)N(CCC)CC(=O)N(CCC)CC(=O)N(CCC)CC(=O)N(CC(N)=O)Cc1cn(CCCNC(=O)CCCOc2c(C(C)(C)C)cc(-c3nc4cc(N5CCN(C)CC5)ccc4[nH]3)cc2C(C)(C)C)nn1)C(=O)CCCOc1cccc(-c2nc3ccc(-c4nc5ccc(N6CCN(C)CC6)cc5[nH]4)cc3[nH]2)c1. The topological polar surface area (TPSA) is 322 Å². The number of nitrogens with two attached hydrogens (primary N) is 1. The second kappa shape index (κ2) is 39.6. The summed E-state index contributed by atoms with van der Waals surface area (Å²) in [6.45, 7) is 29.2. The highest BCUT2D eigenvalue weighted by molar-refractivity contribution is 5.93.